The lowest BCUT2D eigenvalue weighted by Crippen LogP contribution is -1.98. The molecule has 0 saturated heterocycles. The van der Waals surface area contributed by atoms with Gasteiger partial charge in [0.15, 0.2) is 0 Å². The zero-order valence-corrected chi connectivity index (χ0v) is 12.5. The molecule has 0 aliphatic rings. The van der Waals surface area contributed by atoms with E-state index in [0.717, 1.165) is 22.3 Å². The number of benzene rings is 1. The summed E-state index contributed by atoms with van der Waals surface area (Å²) in [6.07, 6.45) is 3.13. The Morgan fingerprint density at radius 3 is 2.46 bits per heavy atom. The molecule has 0 fully saturated rings. The van der Waals surface area contributed by atoms with Gasteiger partial charge in [0.05, 0.1) is 17.0 Å². The Morgan fingerprint density at radius 1 is 0.917 bits per heavy atom. The molecular weight excluding hydrogens is 304 g/mol. The number of nitrogens with zero attached hydrogens (tertiary/aromatic N) is 2. The second-order valence-corrected chi connectivity index (χ2v) is 5.31. The van der Waals surface area contributed by atoms with Gasteiger partial charge in [0, 0.05) is 23.3 Å². The first kappa shape index (κ1) is 14.1. The number of hydrogen-bond acceptors (Lipinski definition) is 4. The molecule has 0 saturated carbocycles. The molecule has 0 unspecified atom stereocenters. The van der Waals surface area contributed by atoms with Crippen LogP contribution in [0.3, 0.4) is 0 Å². The number of aromatic nitrogens is 2. The van der Waals surface area contributed by atoms with Crippen LogP contribution in [-0.4, -0.2) is 21.0 Å². The normalized spacial score (nSPS) is 10.8. The molecule has 116 valence electrons. The van der Waals surface area contributed by atoms with Crippen LogP contribution >= 0.6 is 0 Å². The standard InChI is InChI=1S/C19H12N2O3/c22-19(23)14-6-8-21-16(10-14)15-9-13(5-7-20-15)18-11-12-3-1-2-4-17(12)24-18/h1-11H,(H,22,23). The summed E-state index contributed by atoms with van der Waals surface area (Å²) in [6.45, 7) is 0. The first-order chi connectivity index (χ1) is 11.7. The number of para-hydroxylation sites is 1. The number of carbonyl (C=O) groups is 1. The lowest BCUT2D eigenvalue weighted by molar-refractivity contribution is 0.0697. The number of aromatic carboxylic acids is 1. The predicted octanol–water partition coefficient (Wildman–Crippen LogP) is 4.26. The molecule has 5 heteroatoms. The Balaban J connectivity index is 1.78. The molecule has 3 heterocycles. The second kappa shape index (κ2) is 5.62. The van der Waals surface area contributed by atoms with E-state index in [1.54, 1.807) is 6.20 Å². The van der Waals surface area contributed by atoms with E-state index >= 15 is 0 Å². The Bertz CT molecular complexity index is 1020. The van der Waals surface area contributed by atoms with Gasteiger partial charge in [-0.1, -0.05) is 18.2 Å². The van der Waals surface area contributed by atoms with Crippen LogP contribution in [0, 0.1) is 0 Å². The number of furan rings is 1. The summed E-state index contributed by atoms with van der Waals surface area (Å²) >= 11 is 0. The Morgan fingerprint density at radius 2 is 1.67 bits per heavy atom. The number of hydrogen-bond donors (Lipinski definition) is 1. The third-order valence-electron chi connectivity index (χ3n) is 3.74. The second-order valence-electron chi connectivity index (χ2n) is 5.31. The summed E-state index contributed by atoms with van der Waals surface area (Å²) in [6, 6.07) is 16.4. The first-order valence-corrected chi connectivity index (χ1v) is 7.35. The largest absolute Gasteiger partial charge is 0.478 e. The number of pyridine rings is 2. The fourth-order valence-electron chi connectivity index (χ4n) is 2.55. The summed E-state index contributed by atoms with van der Waals surface area (Å²) in [5.74, 6) is -0.263. The van der Waals surface area contributed by atoms with Crippen LogP contribution in [-0.2, 0) is 0 Å². The van der Waals surface area contributed by atoms with Gasteiger partial charge in [0.25, 0.3) is 0 Å². The van der Waals surface area contributed by atoms with Crippen molar-refractivity contribution in [2.75, 3.05) is 0 Å². The topological polar surface area (TPSA) is 76.2 Å². The van der Waals surface area contributed by atoms with E-state index < -0.39 is 5.97 Å². The van der Waals surface area contributed by atoms with Crippen molar-refractivity contribution in [2.24, 2.45) is 0 Å². The maximum Gasteiger partial charge on any atom is 0.335 e. The fraction of sp³-hybridized carbons (Fsp3) is 0. The van der Waals surface area contributed by atoms with E-state index in [4.69, 9.17) is 9.52 Å². The van der Waals surface area contributed by atoms with E-state index in [1.807, 2.05) is 42.5 Å². The number of carboxylic acid groups (broad SMARTS) is 1. The molecule has 4 rings (SSSR count). The molecule has 0 aliphatic carbocycles. The highest BCUT2D eigenvalue weighted by Crippen LogP contribution is 2.29. The van der Waals surface area contributed by atoms with Crippen molar-refractivity contribution in [1.29, 1.82) is 0 Å². The molecule has 0 radical (unpaired) electrons. The number of rotatable bonds is 3. The average molecular weight is 316 g/mol. The van der Waals surface area contributed by atoms with Crippen molar-refractivity contribution in [3.63, 3.8) is 0 Å². The van der Waals surface area contributed by atoms with E-state index in [-0.39, 0.29) is 5.56 Å². The highest BCUT2D eigenvalue weighted by atomic mass is 16.4. The van der Waals surface area contributed by atoms with Gasteiger partial charge in [-0.15, -0.1) is 0 Å². The van der Waals surface area contributed by atoms with Gasteiger partial charge in [-0.25, -0.2) is 4.79 Å². The predicted molar refractivity (Wildman–Crippen MR) is 89.6 cm³/mol. The van der Waals surface area contributed by atoms with Crippen LogP contribution in [0.2, 0.25) is 0 Å². The molecule has 24 heavy (non-hydrogen) atoms. The molecule has 1 aromatic carbocycles. The maximum absolute atomic E-state index is 11.1. The van der Waals surface area contributed by atoms with Crippen LogP contribution in [0.15, 0.2) is 71.4 Å². The lowest BCUT2D eigenvalue weighted by Gasteiger charge is -2.03. The molecule has 3 aromatic heterocycles. The van der Waals surface area contributed by atoms with E-state index in [2.05, 4.69) is 9.97 Å². The summed E-state index contributed by atoms with van der Waals surface area (Å²) < 4.78 is 5.86. The van der Waals surface area contributed by atoms with Crippen molar-refractivity contribution >= 4 is 16.9 Å². The van der Waals surface area contributed by atoms with Gasteiger partial charge in [-0.05, 0) is 36.4 Å². The van der Waals surface area contributed by atoms with Crippen molar-refractivity contribution in [1.82, 2.24) is 9.97 Å². The van der Waals surface area contributed by atoms with Gasteiger partial charge in [0.2, 0.25) is 0 Å². The van der Waals surface area contributed by atoms with Crippen LogP contribution in [0.4, 0.5) is 0 Å². The molecule has 0 aliphatic heterocycles. The van der Waals surface area contributed by atoms with E-state index in [1.165, 1.54) is 18.3 Å². The molecule has 4 aromatic rings. The number of fused-ring (bicyclic) bond motifs is 1. The number of carboxylic acids is 1. The zero-order chi connectivity index (χ0) is 16.5. The molecular formula is C19H12N2O3. The minimum Gasteiger partial charge on any atom is -0.478 e. The maximum atomic E-state index is 11.1. The minimum absolute atomic E-state index is 0.177. The van der Waals surface area contributed by atoms with Crippen molar-refractivity contribution < 1.29 is 14.3 Å². The van der Waals surface area contributed by atoms with Crippen LogP contribution in [0.5, 0.6) is 0 Å². The Kier molecular flexibility index (Phi) is 3.31. The van der Waals surface area contributed by atoms with Crippen molar-refractivity contribution in [3.05, 3.63) is 72.6 Å². The minimum atomic E-state index is -0.993. The highest BCUT2D eigenvalue weighted by Gasteiger charge is 2.10. The summed E-state index contributed by atoms with van der Waals surface area (Å²) in [5, 5.41) is 10.1. The lowest BCUT2D eigenvalue weighted by atomic mass is 10.1. The molecule has 0 spiro atoms. The van der Waals surface area contributed by atoms with E-state index in [0.29, 0.717) is 11.4 Å². The van der Waals surface area contributed by atoms with Gasteiger partial charge in [-0.3, -0.25) is 9.97 Å². The summed E-state index contributed by atoms with van der Waals surface area (Å²) in [7, 11) is 0. The first-order valence-electron chi connectivity index (χ1n) is 7.35. The third-order valence-corrected chi connectivity index (χ3v) is 3.74. The molecule has 1 N–H and O–H groups in total. The third kappa shape index (κ3) is 2.52. The quantitative estimate of drug-likeness (QED) is 0.611. The van der Waals surface area contributed by atoms with Gasteiger partial charge in [0.1, 0.15) is 11.3 Å². The smallest absolute Gasteiger partial charge is 0.335 e. The highest BCUT2D eigenvalue weighted by molar-refractivity contribution is 5.89. The summed E-state index contributed by atoms with van der Waals surface area (Å²) in [5.41, 5.74) is 2.95. The van der Waals surface area contributed by atoms with Crippen LogP contribution in [0.25, 0.3) is 33.7 Å². The SMILES string of the molecule is O=C(O)c1ccnc(-c2cc(-c3cc4ccccc4o3)ccn2)c1. The molecule has 0 bridgehead atoms. The Labute approximate surface area is 137 Å². The molecule has 0 amide bonds. The van der Waals surface area contributed by atoms with Gasteiger partial charge >= 0.3 is 5.97 Å². The molecule has 0 atom stereocenters. The van der Waals surface area contributed by atoms with Crippen LogP contribution < -0.4 is 0 Å². The van der Waals surface area contributed by atoms with Crippen LogP contribution in [0.1, 0.15) is 10.4 Å². The zero-order valence-electron chi connectivity index (χ0n) is 12.5. The van der Waals surface area contributed by atoms with Gasteiger partial charge < -0.3 is 9.52 Å². The van der Waals surface area contributed by atoms with Crippen molar-refractivity contribution in [3.8, 4) is 22.7 Å². The summed E-state index contributed by atoms with van der Waals surface area (Å²) in [4.78, 5) is 19.6. The monoisotopic (exact) mass is 316 g/mol. The Hall–Kier alpha value is -3.47. The van der Waals surface area contributed by atoms with Gasteiger partial charge in [-0.2, -0.15) is 0 Å². The van der Waals surface area contributed by atoms with E-state index in [9.17, 15) is 4.79 Å². The molecule has 5 nitrogen and oxygen atoms in total. The average Bonchev–Trinajstić information content (AvgIpc) is 3.06. The van der Waals surface area contributed by atoms with Crippen molar-refractivity contribution in [2.45, 2.75) is 0 Å². The fourth-order valence-corrected chi connectivity index (χ4v) is 2.55.